The first-order chi connectivity index (χ1) is 16.9. The Morgan fingerprint density at radius 1 is 1.17 bits per heavy atom. The van der Waals surface area contributed by atoms with E-state index in [1.807, 2.05) is 18.2 Å². The molecule has 2 aromatic carbocycles. The molecule has 4 atom stereocenters. The number of aliphatic hydroxyl groups is 1. The van der Waals surface area contributed by atoms with Crippen molar-refractivity contribution in [2.75, 3.05) is 18.6 Å². The number of carbonyl (C=O) groups is 1. The molecule has 2 N–H and O–H groups in total. The molecule has 3 heterocycles. The first-order valence-corrected chi connectivity index (χ1v) is 12.9. The predicted octanol–water partition coefficient (Wildman–Crippen LogP) is 4.64. The Balaban J connectivity index is 1.53. The minimum atomic E-state index is -0.948. The van der Waals surface area contributed by atoms with E-state index in [0.29, 0.717) is 31.3 Å². The molecule has 1 saturated carbocycles. The Bertz CT molecular complexity index is 1300. The van der Waals surface area contributed by atoms with E-state index in [1.165, 1.54) is 11.3 Å². The molecule has 0 radical (unpaired) electrons. The first-order valence-electron chi connectivity index (χ1n) is 12.9. The van der Waals surface area contributed by atoms with Crippen LogP contribution in [-0.2, 0) is 17.6 Å². The van der Waals surface area contributed by atoms with Crippen molar-refractivity contribution in [2.24, 2.45) is 5.92 Å². The number of nitrogens with zero attached hydrogens (tertiary/aromatic N) is 3. The molecule has 4 unspecified atom stereocenters. The third-order valence-corrected chi connectivity index (χ3v) is 8.47. The summed E-state index contributed by atoms with van der Waals surface area (Å²) in [6.45, 7) is 2.86. The van der Waals surface area contributed by atoms with Crippen molar-refractivity contribution < 1.29 is 19.7 Å². The van der Waals surface area contributed by atoms with E-state index in [2.05, 4.69) is 35.6 Å². The lowest BCUT2D eigenvalue weighted by atomic mass is 9.85. The zero-order valence-electron chi connectivity index (χ0n) is 20.4. The lowest BCUT2D eigenvalue weighted by molar-refractivity contribution is -0.143. The van der Waals surface area contributed by atoms with Crippen molar-refractivity contribution in [2.45, 2.75) is 70.1 Å². The highest BCUT2D eigenvalue weighted by Gasteiger charge is 2.34. The molecule has 0 spiro atoms. The average Bonchev–Trinajstić information content (AvgIpc) is 3.50. The average molecular weight is 476 g/mol. The zero-order chi connectivity index (χ0) is 24.3. The van der Waals surface area contributed by atoms with E-state index >= 15 is 0 Å². The molecule has 7 nitrogen and oxygen atoms in total. The van der Waals surface area contributed by atoms with Gasteiger partial charge in [0, 0.05) is 42.4 Å². The maximum atomic E-state index is 11.9. The van der Waals surface area contributed by atoms with Crippen molar-refractivity contribution in [3.8, 4) is 5.75 Å². The predicted molar refractivity (Wildman–Crippen MR) is 134 cm³/mol. The van der Waals surface area contributed by atoms with Gasteiger partial charge in [-0.1, -0.05) is 24.6 Å². The fraction of sp³-hybridized carbons (Fsp3) is 0.500. The largest absolute Gasteiger partial charge is 0.493 e. The van der Waals surface area contributed by atoms with Crippen LogP contribution in [0.1, 0.15) is 73.7 Å². The number of aliphatic hydroxyl groups excluding tert-OH is 1. The third-order valence-electron chi connectivity index (χ3n) is 8.47. The maximum Gasteiger partial charge on any atom is 0.306 e. The van der Waals surface area contributed by atoms with Crippen LogP contribution in [0.3, 0.4) is 0 Å². The van der Waals surface area contributed by atoms with Crippen LogP contribution < -0.4 is 9.64 Å². The molecule has 0 bridgehead atoms. The summed E-state index contributed by atoms with van der Waals surface area (Å²) in [6.07, 6.45) is 4.88. The summed E-state index contributed by atoms with van der Waals surface area (Å²) in [5.74, 6) is 0.254. The van der Waals surface area contributed by atoms with Crippen molar-refractivity contribution >= 4 is 22.7 Å². The number of carboxylic acid groups (broad SMARTS) is 1. The van der Waals surface area contributed by atoms with Crippen LogP contribution in [0.15, 0.2) is 30.3 Å². The second kappa shape index (κ2) is 8.55. The normalized spacial score (nSPS) is 24.7. The van der Waals surface area contributed by atoms with Gasteiger partial charge in [0.2, 0.25) is 0 Å². The highest BCUT2D eigenvalue weighted by Crippen LogP contribution is 2.43. The Morgan fingerprint density at radius 2 is 2.03 bits per heavy atom. The van der Waals surface area contributed by atoms with Crippen molar-refractivity contribution in [1.82, 2.24) is 9.55 Å². The number of aliphatic carboxylic acids is 1. The molecule has 1 fully saturated rings. The molecule has 3 aliphatic rings. The van der Waals surface area contributed by atoms with Crippen molar-refractivity contribution in [3.63, 3.8) is 0 Å². The Morgan fingerprint density at radius 3 is 2.86 bits per heavy atom. The number of anilines is 1. The van der Waals surface area contributed by atoms with Crippen LogP contribution in [0, 0.1) is 5.92 Å². The fourth-order valence-electron chi connectivity index (χ4n) is 6.38. The number of aryl methyl sites for hydroxylation is 1. The van der Waals surface area contributed by atoms with Crippen LogP contribution in [0.4, 0.5) is 5.69 Å². The van der Waals surface area contributed by atoms with Crippen LogP contribution in [0.2, 0.25) is 0 Å². The molecule has 35 heavy (non-hydrogen) atoms. The lowest BCUT2D eigenvalue weighted by Gasteiger charge is -2.34. The lowest BCUT2D eigenvalue weighted by Crippen LogP contribution is -2.33. The minimum Gasteiger partial charge on any atom is -0.493 e. The number of carboxylic acids is 1. The quantitative estimate of drug-likeness (QED) is 0.572. The third kappa shape index (κ3) is 3.59. The monoisotopic (exact) mass is 475 g/mol. The molecular formula is C28H33N3O4. The number of imidazole rings is 1. The van der Waals surface area contributed by atoms with Gasteiger partial charge in [0.1, 0.15) is 17.7 Å². The number of fused-ring (bicyclic) bond motifs is 4. The van der Waals surface area contributed by atoms with Gasteiger partial charge in [0.15, 0.2) is 0 Å². The smallest absolute Gasteiger partial charge is 0.306 e. The highest BCUT2D eigenvalue weighted by atomic mass is 16.5. The molecule has 0 saturated heterocycles. The molecule has 3 aromatic rings. The van der Waals surface area contributed by atoms with E-state index in [0.717, 1.165) is 60.0 Å². The topological polar surface area (TPSA) is 87.8 Å². The number of ether oxygens (including phenoxy) is 1. The van der Waals surface area contributed by atoms with Gasteiger partial charge in [-0.2, -0.15) is 0 Å². The van der Waals surface area contributed by atoms with Gasteiger partial charge < -0.3 is 24.4 Å². The molecular weight excluding hydrogens is 442 g/mol. The highest BCUT2D eigenvalue weighted by molar-refractivity contribution is 5.86. The SMILES string of the molecule is CC1CCc2c(ccc3c2nc(C(O)c2cccc4c2OCC4)n3C2CCCC(C(=O)O)C2)N1C. The molecule has 2 aliphatic heterocycles. The molecule has 1 aromatic heterocycles. The van der Waals surface area contributed by atoms with E-state index in [9.17, 15) is 15.0 Å². The molecule has 184 valence electrons. The number of benzene rings is 2. The Hall–Kier alpha value is -3.06. The van der Waals surface area contributed by atoms with E-state index < -0.39 is 12.1 Å². The number of aromatic nitrogens is 2. The summed E-state index contributed by atoms with van der Waals surface area (Å²) in [6, 6.07) is 10.7. The van der Waals surface area contributed by atoms with Crippen LogP contribution in [0.25, 0.3) is 11.0 Å². The number of hydrogen-bond donors (Lipinski definition) is 2. The molecule has 7 heteroatoms. The summed E-state index contributed by atoms with van der Waals surface area (Å²) >= 11 is 0. The van der Waals surface area contributed by atoms with Gasteiger partial charge >= 0.3 is 5.97 Å². The van der Waals surface area contributed by atoms with E-state index in [1.54, 1.807) is 0 Å². The number of hydrogen-bond acceptors (Lipinski definition) is 5. The second-order valence-corrected chi connectivity index (χ2v) is 10.5. The summed E-state index contributed by atoms with van der Waals surface area (Å²) in [5.41, 5.74) is 6.18. The molecule has 0 amide bonds. The van der Waals surface area contributed by atoms with Crippen LogP contribution in [-0.4, -0.2) is 45.4 Å². The fourth-order valence-corrected chi connectivity index (χ4v) is 6.38. The van der Waals surface area contributed by atoms with E-state index in [4.69, 9.17) is 9.72 Å². The van der Waals surface area contributed by atoms with Gasteiger partial charge in [-0.25, -0.2) is 4.98 Å². The van der Waals surface area contributed by atoms with Crippen LogP contribution >= 0.6 is 0 Å². The standard InChI is InChI=1S/C28H33N3O4/c1-16-9-10-20-22(30(16)2)11-12-23-24(20)29-27(31(23)19-7-3-6-18(15-19)28(33)34)25(32)21-8-4-5-17-13-14-35-26(17)21/h4-5,8,11-12,16,18-19,25,32H,3,6-7,9-10,13-15H2,1-2H3,(H,33,34). The first kappa shape index (κ1) is 22.4. The van der Waals surface area contributed by atoms with Gasteiger partial charge in [-0.15, -0.1) is 0 Å². The summed E-state index contributed by atoms with van der Waals surface area (Å²) < 4.78 is 8.07. The van der Waals surface area contributed by atoms with Crippen molar-refractivity contribution in [3.05, 3.63) is 52.8 Å². The molecule has 1 aliphatic carbocycles. The number of rotatable bonds is 4. The minimum absolute atomic E-state index is 0.0181. The van der Waals surface area contributed by atoms with Gasteiger partial charge in [-0.05, 0) is 56.7 Å². The Labute approximate surface area is 205 Å². The zero-order valence-corrected chi connectivity index (χ0v) is 20.4. The van der Waals surface area contributed by atoms with Gasteiger partial charge in [0.25, 0.3) is 0 Å². The van der Waals surface area contributed by atoms with Crippen LogP contribution in [0.5, 0.6) is 5.75 Å². The molecule has 6 rings (SSSR count). The van der Waals surface area contributed by atoms with Gasteiger partial charge in [0.05, 0.1) is 23.6 Å². The summed E-state index contributed by atoms with van der Waals surface area (Å²) in [7, 11) is 2.13. The summed E-state index contributed by atoms with van der Waals surface area (Å²) in [4.78, 5) is 19.3. The van der Waals surface area contributed by atoms with Crippen molar-refractivity contribution in [1.29, 1.82) is 0 Å². The Kier molecular flexibility index (Phi) is 5.48. The maximum absolute atomic E-state index is 11.9. The summed E-state index contributed by atoms with van der Waals surface area (Å²) in [5, 5.41) is 21.5. The van der Waals surface area contributed by atoms with Gasteiger partial charge in [-0.3, -0.25) is 4.79 Å². The second-order valence-electron chi connectivity index (χ2n) is 10.5. The number of para-hydroxylation sites is 1. The van der Waals surface area contributed by atoms with E-state index in [-0.39, 0.29) is 12.0 Å².